The third-order valence-corrected chi connectivity index (χ3v) is 12.9. The molecule has 12 rings (SSSR count). The third-order valence-electron chi connectivity index (χ3n) is 12.9. The minimum atomic E-state index is -0.568. The largest absolute Gasteiger partial charge is 0.310 e. The van der Waals surface area contributed by atoms with Gasteiger partial charge in [0.05, 0.1) is 28.1 Å². The number of anilines is 3. The Labute approximate surface area is 361 Å². The minimum Gasteiger partial charge on any atom is -0.310 e. The zero-order chi connectivity index (χ0) is 41.0. The lowest BCUT2D eigenvalue weighted by Crippen LogP contribution is -2.89. The van der Waals surface area contributed by atoms with Gasteiger partial charge in [-0.2, -0.15) is 4.99 Å². The van der Waals surface area contributed by atoms with Crippen LogP contribution in [0.3, 0.4) is 0 Å². The lowest BCUT2D eigenvalue weighted by molar-refractivity contribution is -0.575. The molecule has 3 aliphatic rings. The van der Waals surface area contributed by atoms with E-state index in [0.29, 0.717) is 0 Å². The number of nitrogens with two attached hydrogens (primary N) is 1. The van der Waals surface area contributed by atoms with Crippen molar-refractivity contribution >= 4 is 28.6 Å². The fraction of sp³-hybridized carbons (Fsp3) is 0.0345. The summed E-state index contributed by atoms with van der Waals surface area (Å²) in [5.74, 6) is 0.993. The highest BCUT2D eigenvalue weighted by Crippen LogP contribution is 2.63. The lowest BCUT2D eigenvalue weighted by Gasteiger charge is -2.44. The van der Waals surface area contributed by atoms with Crippen molar-refractivity contribution in [3.05, 3.63) is 270 Å². The van der Waals surface area contributed by atoms with Crippen LogP contribution in [0.25, 0.3) is 39.1 Å². The van der Waals surface area contributed by atoms with E-state index >= 15 is 0 Å². The van der Waals surface area contributed by atoms with Crippen LogP contribution in [0.1, 0.15) is 45.0 Å². The Balaban J connectivity index is 0.976. The van der Waals surface area contributed by atoms with Crippen LogP contribution in [0.4, 0.5) is 17.1 Å². The SMILES string of the molecule is C1=C(c2cccc(-c3cccc(-c4ccc5c(c4)C4(c6ccccc6-5)c5ccccc5N(c5ccccc5)c5ccncc54)c3)c2)N=C(c2ccccc2)[NH2+]C1c1ccccc1. The van der Waals surface area contributed by atoms with Gasteiger partial charge < -0.3 is 4.90 Å². The normalized spacial score (nSPS) is 17.0. The number of hydrogen-bond donors (Lipinski definition) is 1. The van der Waals surface area contributed by atoms with Gasteiger partial charge in [-0.3, -0.25) is 10.3 Å². The van der Waals surface area contributed by atoms with Crippen LogP contribution >= 0.6 is 0 Å². The highest BCUT2D eigenvalue weighted by molar-refractivity contribution is 5.98. The van der Waals surface area contributed by atoms with Crippen molar-refractivity contribution in [1.29, 1.82) is 0 Å². The average molecular weight is 794 g/mol. The van der Waals surface area contributed by atoms with E-state index in [0.717, 1.165) is 45.2 Å². The van der Waals surface area contributed by atoms with Crippen LogP contribution in [-0.2, 0) is 5.41 Å². The summed E-state index contributed by atoms with van der Waals surface area (Å²) in [6.45, 7) is 0. The van der Waals surface area contributed by atoms with E-state index in [2.05, 4.69) is 235 Å². The second-order valence-electron chi connectivity index (χ2n) is 16.3. The number of rotatable bonds is 6. The zero-order valence-corrected chi connectivity index (χ0v) is 33.9. The monoisotopic (exact) mass is 793 g/mol. The smallest absolute Gasteiger partial charge is 0.232 e. The van der Waals surface area contributed by atoms with E-state index in [1.54, 1.807) is 0 Å². The molecule has 4 nitrogen and oxygen atoms in total. The van der Waals surface area contributed by atoms with Gasteiger partial charge in [0.2, 0.25) is 5.84 Å². The first-order valence-electron chi connectivity index (χ1n) is 21.3. The van der Waals surface area contributed by atoms with Gasteiger partial charge in [-0.25, -0.2) is 0 Å². The second-order valence-corrected chi connectivity index (χ2v) is 16.3. The van der Waals surface area contributed by atoms with Gasteiger partial charge >= 0.3 is 0 Å². The number of amidine groups is 1. The summed E-state index contributed by atoms with van der Waals surface area (Å²) >= 11 is 0. The first-order valence-corrected chi connectivity index (χ1v) is 21.3. The topological polar surface area (TPSA) is 45.1 Å². The number of aliphatic imine (C=N–C) groups is 1. The van der Waals surface area contributed by atoms with Crippen molar-refractivity contribution in [3.8, 4) is 33.4 Å². The molecule has 2 unspecified atom stereocenters. The number of aromatic nitrogens is 1. The first kappa shape index (κ1) is 36.0. The number of quaternary nitrogens is 1. The van der Waals surface area contributed by atoms with Crippen LogP contribution in [-0.4, -0.2) is 10.8 Å². The first-order chi connectivity index (χ1) is 30.7. The van der Waals surface area contributed by atoms with Crippen molar-refractivity contribution in [1.82, 2.24) is 4.98 Å². The summed E-state index contributed by atoms with van der Waals surface area (Å²) in [6, 6.07) is 77.0. The van der Waals surface area contributed by atoms with E-state index in [1.165, 1.54) is 55.8 Å². The molecule has 1 spiro atoms. The fourth-order valence-electron chi connectivity index (χ4n) is 10.2. The molecule has 2 aliphatic heterocycles. The second kappa shape index (κ2) is 14.7. The molecule has 1 aromatic heterocycles. The maximum absolute atomic E-state index is 5.26. The molecule has 2 atom stereocenters. The Morgan fingerprint density at radius 3 is 1.79 bits per heavy atom. The summed E-state index contributed by atoms with van der Waals surface area (Å²) in [6.07, 6.45) is 6.32. The number of pyridine rings is 1. The van der Waals surface area contributed by atoms with Gasteiger partial charge in [-0.1, -0.05) is 158 Å². The maximum atomic E-state index is 5.26. The molecular weight excluding hydrogens is 753 g/mol. The number of nitrogens with zero attached hydrogens (tertiary/aromatic N) is 3. The third kappa shape index (κ3) is 5.72. The minimum absolute atomic E-state index is 0.111. The Kier molecular flexibility index (Phi) is 8.51. The Morgan fingerprint density at radius 1 is 0.435 bits per heavy atom. The van der Waals surface area contributed by atoms with E-state index in [-0.39, 0.29) is 6.04 Å². The molecule has 0 amide bonds. The number of fused-ring (bicyclic) bond motifs is 9. The molecule has 1 aliphatic carbocycles. The molecule has 62 heavy (non-hydrogen) atoms. The molecular formula is C58H41N4+. The Hall–Kier alpha value is -7.92. The maximum Gasteiger partial charge on any atom is 0.232 e. The van der Waals surface area contributed by atoms with E-state index in [9.17, 15) is 0 Å². The fourth-order valence-corrected chi connectivity index (χ4v) is 10.2. The molecule has 3 heterocycles. The highest BCUT2D eigenvalue weighted by atomic mass is 15.2. The molecule has 0 radical (unpaired) electrons. The van der Waals surface area contributed by atoms with Crippen LogP contribution in [0.2, 0.25) is 0 Å². The van der Waals surface area contributed by atoms with Gasteiger partial charge in [0.15, 0.2) is 0 Å². The van der Waals surface area contributed by atoms with Gasteiger partial charge in [0, 0.05) is 40.8 Å². The van der Waals surface area contributed by atoms with Crippen molar-refractivity contribution in [2.24, 2.45) is 4.99 Å². The predicted octanol–water partition coefficient (Wildman–Crippen LogP) is 12.7. The van der Waals surface area contributed by atoms with E-state index in [4.69, 9.17) is 9.98 Å². The zero-order valence-electron chi connectivity index (χ0n) is 33.9. The van der Waals surface area contributed by atoms with E-state index < -0.39 is 5.41 Å². The summed E-state index contributed by atoms with van der Waals surface area (Å²) < 4.78 is 0. The van der Waals surface area contributed by atoms with Crippen molar-refractivity contribution in [2.75, 3.05) is 4.90 Å². The molecule has 4 heteroatoms. The summed E-state index contributed by atoms with van der Waals surface area (Å²) in [5, 5.41) is 2.28. The van der Waals surface area contributed by atoms with Crippen molar-refractivity contribution in [2.45, 2.75) is 11.5 Å². The number of hydrogen-bond acceptors (Lipinski definition) is 3. The van der Waals surface area contributed by atoms with Gasteiger partial charge in [0.25, 0.3) is 0 Å². The molecule has 9 aromatic rings. The molecule has 0 saturated heterocycles. The standard InChI is InChI=1S/C58H40N4/c1-4-16-39(17-5-1)53-37-54(61-57(60-53)40-18-6-2-7-19-40)45-23-15-22-43(35-45)41-20-14-21-42(34-41)44-30-31-48-47-26-10-11-27-49(47)58(51(48)36-44)50-28-12-13-29-55(50)62(46-24-8-3-9-25-46)56-32-33-59-38-52(56)58/h1-38,53H,(H,60,61)/p+1. The van der Waals surface area contributed by atoms with Gasteiger partial charge in [0.1, 0.15) is 6.04 Å². The molecule has 0 fully saturated rings. The van der Waals surface area contributed by atoms with Gasteiger partial charge in [-0.05, 0) is 105 Å². The molecule has 292 valence electrons. The van der Waals surface area contributed by atoms with Crippen LogP contribution < -0.4 is 10.2 Å². The Morgan fingerprint density at radius 2 is 1.02 bits per heavy atom. The highest BCUT2D eigenvalue weighted by Gasteiger charge is 2.52. The van der Waals surface area contributed by atoms with Crippen LogP contribution in [0.5, 0.6) is 0 Å². The van der Waals surface area contributed by atoms with Crippen molar-refractivity contribution < 1.29 is 5.32 Å². The lowest BCUT2D eigenvalue weighted by atomic mass is 9.65. The van der Waals surface area contributed by atoms with Crippen LogP contribution in [0.15, 0.2) is 236 Å². The molecule has 0 bridgehead atoms. The predicted molar refractivity (Wildman–Crippen MR) is 253 cm³/mol. The van der Waals surface area contributed by atoms with Crippen LogP contribution in [0, 0.1) is 0 Å². The molecule has 0 saturated carbocycles. The molecule has 2 N–H and O–H groups in total. The molecule has 8 aromatic carbocycles. The summed E-state index contributed by atoms with van der Waals surface area (Å²) in [7, 11) is 0. The average Bonchev–Trinajstić information content (AvgIpc) is 3.65. The quantitative estimate of drug-likeness (QED) is 0.182. The Bertz CT molecular complexity index is 3180. The summed E-state index contributed by atoms with van der Waals surface area (Å²) in [4.78, 5) is 12.5. The van der Waals surface area contributed by atoms with Gasteiger partial charge in [-0.15, -0.1) is 0 Å². The van der Waals surface area contributed by atoms with Crippen molar-refractivity contribution in [3.63, 3.8) is 0 Å². The number of para-hydroxylation sites is 2. The van der Waals surface area contributed by atoms with E-state index in [1.807, 2.05) is 6.20 Å². The number of benzene rings is 8. The summed E-state index contributed by atoms with van der Waals surface area (Å²) in [5.41, 5.74) is 19.5.